The van der Waals surface area contributed by atoms with Crippen LogP contribution >= 0.6 is 0 Å². The van der Waals surface area contributed by atoms with Gasteiger partial charge in [0.05, 0.1) is 18.7 Å². The largest absolute Gasteiger partial charge is 0.469 e. The summed E-state index contributed by atoms with van der Waals surface area (Å²) in [5.41, 5.74) is 7.17. The SMILES string of the molecule is COC(=O)C1CCc2nc(N)ncc21. The molecule has 0 bridgehead atoms. The minimum Gasteiger partial charge on any atom is -0.469 e. The Morgan fingerprint density at radius 1 is 1.71 bits per heavy atom. The molecule has 0 aliphatic heterocycles. The van der Waals surface area contributed by atoms with Crippen LogP contribution in [0, 0.1) is 0 Å². The standard InChI is InChI=1S/C9H11N3O2/c1-14-8(13)5-2-3-7-6(5)4-11-9(10)12-7/h4-5H,2-3H2,1H3,(H2,10,11,12). The van der Waals surface area contributed by atoms with Crippen molar-refractivity contribution in [3.63, 3.8) is 0 Å². The number of aryl methyl sites for hydroxylation is 1. The third-order valence-corrected chi connectivity index (χ3v) is 2.45. The fraction of sp³-hybridized carbons (Fsp3) is 0.444. The van der Waals surface area contributed by atoms with E-state index in [1.54, 1.807) is 6.20 Å². The van der Waals surface area contributed by atoms with E-state index in [9.17, 15) is 4.79 Å². The highest BCUT2D eigenvalue weighted by Gasteiger charge is 2.30. The van der Waals surface area contributed by atoms with Gasteiger partial charge in [0.15, 0.2) is 0 Å². The zero-order valence-electron chi connectivity index (χ0n) is 7.86. The molecule has 0 saturated carbocycles. The molecular weight excluding hydrogens is 182 g/mol. The van der Waals surface area contributed by atoms with Gasteiger partial charge < -0.3 is 10.5 Å². The van der Waals surface area contributed by atoms with Crippen LogP contribution in [0.2, 0.25) is 0 Å². The lowest BCUT2D eigenvalue weighted by atomic mass is 10.1. The minimum atomic E-state index is -0.225. The number of methoxy groups -OCH3 is 1. The molecule has 14 heavy (non-hydrogen) atoms. The van der Waals surface area contributed by atoms with Gasteiger partial charge in [0, 0.05) is 11.8 Å². The molecule has 2 N–H and O–H groups in total. The first-order chi connectivity index (χ1) is 6.72. The lowest BCUT2D eigenvalue weighted by Crippen LogP contribution is -2.11. The summed E-state index contributed by atoms with van der Waals surface area (Å²) in [5.74, 6) is -0.179. The molecule has 5 nitrogen and oxygen atoms in total. The highest BCUT2D eigenvalue weighted by molar-refractivity contribution is 5.79. The van der Waals surface area contributed by atoms with Gasteiger partial charge in [-0.1, -0.05) is 0 Å². The van der Waals surface area contributed by atoms with Crippen molar-refractivity contribution in [1.29, 1.82) is 0 Å². The fourth-order valence-corrected chi connectivity index (χ4v) is 1.76. The van der Waals surface area contributed by atoms with Crippen LogP contribution < -0.4 is 5.73 Å². The number of rotatable bonds is 1. The Morgan fingerprint density at radius 3 is 3.21 bits per heavy atom. The van der Waals surface area contributed by atoms with Gasteiger partial charge in [-0.25, -0.2) is 9.97 Å². The van der Waals surface area contributed by atoms with E-state index in [1.807, 2.05) is 0 Å². The number of esters is 1. The van der Waals surface area contributed by atoms with E-state index in [0.29, 0.717) is 0 Å². The molecule has 0 fully saturated rings. The Hall–Kier alpha value is -1.65. The minimum absolute atomic E-state index is 0.212. The Morgan fingerprint density at radius 2 is 2.50 bits per heavy atom. The molecule has 0 saturated heterocycles. The van der Waals surface area contributed by atoms with E-state index < -0.39 is 0 Å². The summed E-state index contributed by atoms with van der Waals surface area (Å²) in [7, 11) is 1.39. The van der Waals surface area contributed by atoms with Gasteiger partial charge in [-0.2, -0.15) is 0 Å². The highest BCUT2D eigenvalue weighted by Crippen LogP contribution is 2.32. The Labute approximate surface area is 81.3 Å². The molecule has 1 heterocycles. The molecule has 1 aliphatic carbocycles. The van der Waals surface area contributed by atoms with Gasteiger partial charge in [0.2, 0.25) is 5.95 Å². The van der Waals surface area contributed by atoms with Crippen molar-refractivity contribution in [2.24, 2.45) is 0 Å². The average Bonchev–Trinajstić information content (AvgIpc) is 2.59. The van der Waals surface area contributed by atoms with Crippen molar-refractivity contribution in [3.8, 4) is 0 Å². The number of carbonyl (C=O) groups excluding carboxylic acids is 1. The van der Waals surface area contributed by atoms with Gasteiger partial charge >= 0.3 is 5.97 Å². The van der Waals surface area contributed by atoms with Gasteiger partial charge in [-0.3, -0.25) is 4.79 Å². The molecule has 0 spiro atoms. The molecule has 0 aromatic carbocycles. The Kier molecular flexibility index (Phi) is 2.07. The summed E-state index contributed by atoms with van der Waals surface area (Å²) in [4.78, 5) is 19.3. The molecule has 0 amide bonds. The lowest BCUT2D eigenvalue weighted by molar-refractivity contribution is -0.142. The van der Waals surface area contributed by atoms with E-state index in [0.717, 1.165) is 24.1 Å². The second-order valence-electron chi connectivity index (χ2n) is 3.24. The van der Waals surface area contributed by atoms with Crippen molar-refractivity contribution in [1.82, 2.24) is 9.97 Å². The summed E-state index contributed by atoms with van der Waals surface area (Å²) in [6.07, 6.45) is 3.12. The molecule has 1 unspecified atom stereocenters. The number of carbonyl (C=O) groups is 1. The topological polar surface area (TPSA) is 78.1 Å². The third-order valence-electron chi connectivity index (χ3n) is 2.45. The normalized spacial score (nSPS) is 19.1. The predicted octanol–water partition coefficient (Wildman–Crippen LogP) is 0.262. The molecular formula is C9H11N3O2. The molecule has 1 atom stereocenters. The maximum Gasteiger partial charge on any atom is 0.313 e. The number of nitrogens with two attached hydrogens (primary N) is 1. The highest BCUT2D eigenvalue weighted by atomic mass is 16.5. The van der Waals surface area contributed by atoms with Crippen LogP contribution in [0.4, 0.5) is 5.95 Å². The number of anilines is 1. The van der Waals surface area contributed by atoms with E-state index in [1.165, 1.54) is 7.11 Å². The fourth-order valence-electron chi connectivity index (χ4n) is 1.76. The first-order valence-corrected chi connectivity index (χ1v) is 4.41. The van der Waals surface area contributed by atoms with Crippen LogP contribution in [0.5, 0.6) is 0 Å². The number of aromatic nitrogens is 2. The van der Waals surface area contributed by atoms with Crippen molar-refractivity contribution in [3.05, 3.63) is 17.5 Å². The molecule has 1 aliphatic rings. The van der Waals surface area contributed by atoms with Gasteiger partial charge in [-0.05, 0) is 12.8 Å². The van der Waals surface area contributed by atoms with Crippen LogP contribution in [0.15, 0.2) is 6.20 Å². The van der Waals surface area contributed by atoms with E-state index in [4.69, 9.17) is 10.5 Å². The van der Waals surface area contributed by atoms with Crippen molar-refractivity contribution < 1.29 is 9.53 Å². The second kappa shape index (κ2) is 3.25. The smallest absolute Gasteiger partial charge is 0.313 e. The lowest BCUT2D eigenvalue weighted by Gasteiger charge is -2.07. The summed E-state index contributed by atoms with van der Waals surface area (Å²) in [5, 5.41) is 0. The van der Waals surface area contributed by atoms with E-state index >= 15 is 0 Å². The zero-order valence-corrected chi connectivity index (χ0v) is 7.86. The molecule has 74 valence electrons. The van der Waals surface area contributed by atoms with Crippen LogP contribution in [-0.4, -0.2) is 23.0 Å². The predicted molar refractivity (Wildman–Crippen MR) is 49.5 cm³/mol. The van der Waals surface area contributed by atoms with Crippen molar-refractivity contribution >= 4 is 11.9 Å². The van der Waals surface area contributed by atoms with E-state index in [-0.39, 0.29) is 17.8 Å². The average molecular weight is 193 g/mol. The molecule has 2 rings (SSSR count). The van der Waals surface area contributed by atoms with Crippen LogP contribution in [0.1, 0.15) is 23.6 Å². The molecule has 5 heteroatoms. The summed E-state index contributed by atoms with van der Waals surface area (Å²) >= 11 is 0. The number of hydrogen-bond donors (Lipinski definition) is 1. The first-order valence-electron chi connectivity index (χ1n) is 4.41. The maximum atomic E-state index is 11.4. The summed E-state index contributed by atoms with van der Waals surface area (Å²) in [6.45, 7) is 0. The Bertz CT molecular complexity index is 378. The van der Waals surface area contributed by atoms with Crippen LogP contribution in [0.3, 0.4) is 0 Å². The zero-order chi connectivity index (χ0) is 10.1. The van der Waals surface area contributed by atoms with Crippen molar-refractivity contribution in [2.75, 3.05) is 12.8 Å². The van der Waals surface area contributed by atoms with Crippen LogP contribution in [0.25, 0.3) is 0 Å². The van der Waals surface area contributed by atoms with Gasteiger partial charge in [-0.15, -0.1) is 0 Å². The van der Waals surface area contributed by atoms with E-state index in [2.05, 4.69) is 9.97 Å². The quantitative estimate of drug-likeness (QED) is 0.647. The first kappa shape index (κ1) is 8.93. The Balaban J connectivity index is 2.35. The second-order valence-corrected chi connectivity index (χ2v) is 3.24. The molecule has 1 aromatic rings. The number of ether oxygens (including phenoxy) is 1. The maximum absolute atomic E-state index is 11.4. The van der Waals surface area contributed by atoms with Gasteiger partial charge in [0.25, 0.3) is 0 Å². The number of fused-ring (bicyclic) bond motifs is 1. The van der Waals surface area contributed by atoms with Crippen molar-refractivity contribution in [2.45, 2.75) is 18.8 Å². The number of nitrogens with zero attached hydrogens (tertiary/aromatic N) is 2. The number of hydrogen-bond acceptors (Lipinski definition) is 5. The third kappa shape index (κ3) is 1.30. The monoisotopic (exact) mass is 193 g/mol. The summed E-state index contributed by atoms with van der Waals surface area (Å²) in [6, 6.07) is 0. The van der Waals surface area contributed by atoms with Crippen LogP contribution in [-0.2, 0) is 16.0 Å². The molecule has 1 aromatic heterocycles. The number of nitrogen functional groups attached to an aromatic ring is 1. The molecule has 0 radical (unpaired) electrons. The van der Waals surface area contributed by atoms with Gasteiger partial charge in [0.1, 0.15) is 0 Å². The summed E-state index contributed by atoms with van der Waals surface area (Å²) < 4.78 is 4.70.